The Kier molecular flexibility index (Phi) is 8.29. The molecule has 40 heavy (non-hydrogen) atoms. The van der Waals surface area contributed by atoms with Crippen molar-refractivity contribution in [2.24, 2.45) is 5.73 Å². The van der Waals surface area contributed by atoms with Crippen molar-refractivity contribution in [1.29, 1.82) is 0 Å². The lowest BCUT2D eigenvalue weighted by atomic mass is 10.0. The number of likely N-dealkylation sites (tertiary alicyclic amines) is 1. The number of ether oxygens (including phenoxy) is 1. The molecule has 1 aliphatic rings. The highest BCUT2D eigenvalue weighted by atomic mass is 35.5. The number of nitrogens with zero attached hydrogens (tertiary/aromatic N) is 6. The first-order valence-electron chi connectivity index (χ1n) is 13.0. The van der Waals surface area contributed by atoms with Gasteiger partial charge in [0, 0.05) is 60.2 Å². The normalized spacial score (nSPS) is 14.2. The number of aldehydes is 1. The van der Waals surface area contributed by atoms with Gasteiger partial charge in [0.1, 0.15) is 29.2 Å². The molecule has 0 saturated carbocycles. The van der Waals surface area contributed by atoms with E-state index in [4.69, 9.17) is 21.3 Å². The lowest BCUT2D eigenvalue weighted by Crippen LogP contribution is -2.36. The Balaban J connectivity index is 0.00000158. The van der Waals surface area contributed by atoms with E-state index in [9.17, 15) is 4.79 Å². The molecule has 0 spiro atoms. The van der Waals surface area contributed by atoms with Gasteiger partial charge in [0.25, 0.3) is 0 Å². The molecule has 1 fully saturated rings. The lowest BCUT2D eigenvalue weighted by Gasteiger charge is -2.32. The van der Waals surface area contributed by atoms with Gasteiger partial charge in [-0.1, -0.05) is 11.6 Å². The lowest BCUT2D eigenvalue weighted by molar-refractivity contribution is -0.109. The summed E-state index contributed by atoms with van der Waals surface area (Å²) in [5, 5.41) is 1.15. The first-order valence-corrected chi connectivity index (χ1v) is 13.3. The molecule has 0 aliphatic carbocycles. The van der Waals surface area contributed by atoms with Gasteiger partial charge >= 0.3 is 6.01 Å². The maximum atomic E-state index is 15.4. The van der Waals surface area contributed by atoms with Gasteiger partial charge in [0.2, 0.25) is 0 Å². The second kappa shape index (κ2) is 12.0. The van der Waals surface area contributed by atoms with Crippen LogP contribution in [0.3, 0.4) is 0 Å². The van der Waals surface area contributed by atoms with Crippen molar-refractivity contribution in [3.63, 3.8) is 0 Å². The summed E-state index contributed by atoms with van der Waals surface area (Å²) in [5.41, 5.74) is 7.65. The minimum Gasteiger partial charge on any atom is -0.424 e. The number of fused-ring (bicyclic) bond motifs is 3. The molecule has 206 valence electrons. The number of imidazole rings is 1. The topological polar surface area (TPSA) is 112 Å². The Morgan fingerprint density at radius 3 is 2.52 bits per heavy atom. The molecule has 2 aromatic carbocycles. The minimum atomic E-state index is -0.420. The zero-order chi connectivity index (χ0) is 28.2. The summed E-state index contributed by atoms with van der Waals surface area (Å²) < 4.78 is 23.3. The van der Waals surface area contributed by atoms with Crippen LogP contribution in [-0.4, -0.2) is 62.4 Å². The van der Waals surface area contributed by atoms with Crippen LogP contribution in [0.1, 0.15) is 24.7 Å². The third-order valence-corrected chi connectivity index (χ3v) is 7.33. The van der Waals surface area contributed by atoms with Gasteiger partial charge in [-0.25, -0.2) is 19.3 Å². The highest BCUT2D eigenvalue weighted by Gasteiger charge is 2.25. The molecular weight excluding hydrogens is 533 g/mol. The molecule has 4 heterocycles. The molecule has 2 N–H and O–H groups in total. The molecule has 1 saturated heterocycles. The molecule has 5 aromatic rings. The van der Waals surface area contributed by atoms with Gasteiger partial charge in [0.15, 0.2) is 0 Å². The summed E-state index contributed by atoms with van der Waals surface area (Å²) in [5.74, 6) is 0.915. The van der Waals surface area contributed by atoms with E-state index >= 15 is 4.39 Å². The van der Waals surface area contributed by atoms with Crippen LogP contribution in [0.4, 0.5) is 4.39 Å². The van der Waals surface area contributed by atoms with E-state index in [1.807, 2.05) is 6.92 Å². The number of carbonyl (C=O) groups is 1. The number of pyridine rings is 1. The van der Waals surface area contributed by atoms with Crippen LogP contribution in [0.25, 0.3) is 33.1 Å². The van der Waals surface area contributed by atoms with Gasteiger partial charge in [-0.15, -0.1) is 0 Å². The summed E-state index contributed by atoms with van der Waals surface area (Å²) >= 11 is 6.62. The van der Waals surface area contributed by atoms with Crippen LogP contribution >= 0.6 is 11.6 Å². The van der Waals surface area contributed by atoms with Crippen LogP contribution in [0.5, 0.6) is 11.8 Å². The fourth-order valence-electron chi connectivity index (χ4n) is 5.25. The molecule has 11 heteroatoms. The van der Waals surface area contributed by atoms with E-state index in [2.05, 4.69) is 30.2 Å². The summed E-state index contributed by atoms with van der Waals surface area (Å²) in [6, 6.07) is 10.4. The third kappa shape index (κ3) is 5.38. The fraction of sp³-hybridized carbons (Fsp3) is 0.276. The molecule has 0 radical (unpaired) electrons. The summed E-state index contributed by atoms with van der Waals surface area (Å²) in [7, 11) is 1.50. The number of aryl methyl sites for hydroxylation is 1. The number of piperidine rings is 1. The Bertz CT molecular complexity index is 1650. The molecule has 1 aliphatic heterocycles. The molecule has 0 amide bonds. The molecule has 0 bridgehead atoms. The van der Waals surface area contributed by atoms with Gasteiger partial charge in [-0.05, 0) is 51.1 Å². The Morgan fingerprint density at radius 1 is 1.07 bits per heavy atom. The monoisotopic (exact) mass is 561 g/mol. The number of halogens is 2. The maximum Gasteiger partial charge on any atom is 0.321 e. The van der Waals surface area contributed by atoms with E-state index in [1.54, 1.807) is 48.9 Å². The van der Waals surface area contributed by atoms with Crippen LogP contribution in [0, 0.1) is 12.7 Å². The zero-order valence-corrected chi connectivity index (χ0v) is 23.0. The first-order chi connectivity index (χ1) is 19.5. The van der Waals surface area contributed by atoms with E-state index in [0.29, 0.717) is 34.0 Å². The maximum absolute atomic E-state index is 15.4. The van der Waals surface area contributed by atoms with Gasteiger partial charge in [0.05, 0.1) is 28.8 Å². The number of benzene rings is 2. The average Bonchev–Trinajstić information content (AvgIpc) is 3.31. The number of hydrogen-bond acceptors (Lipinski definition) is 8. The zero-order valence-electron chi connectivity index (χ0n) is 22.2. The van der Waals surface area contributed by atoms with Crippen LogP contribution in [0.2, 0.25) is 5.02 Å². The van der Waals surface area contributed by atoms with Crippen molar-refractivity contribution in [3.8, 4) is 22.9 Å². The second-order valence-electron chi connectivity index (χ2n) is 9.34. The van der Waals surface area contributed by atoms with Gasteiger partial charge < -0.3 is 19.8 Å². The predicted octanol–water partition coefficient (Wildman–Crippen LogP) is 5.35. The fourth-order valence-corrected chi connectivity index (χ4v) is 5.53. The second-order valence-corrected chi connectivity index (χ2v) is 9.75. The summed E-state index contributed by atoms with van der Waals surface area (Å²) in [6.45, 7) is 4.11. The Morgan fingerprint density at radius 2 is 1.82 bits per heavy atom. The average molecular weight is 562 g/mol. The highest BCUT2D eigenvalue weighted by Crippen LogP contribution is 2.38. The Hall–Kier alpha value is -3.99. The van der Waals surface area contributed by atoms with Gasteiger partial charge in [-0.3, -0.25) is 9.88 Å². The standard InChI is InChI=1S/C28H24ClFN6O2.CH5N/c1-17-34-26-16-33-25-15-24(30)21(20-4-3-19(13-23(20)29)38-28-31-7-2-8-32-28)14-22(25)27(26)36(17)18-5-9-35(10-6-18)11-12-37;1-2/h2-4,7-8,12-16,18H,5-6,9-11H2,1H3;2H2,1H3. The molecule has 3 aromatic heterocycles. The molecular formula is C29H29ClFN7O2. The van der Waals surface area contributed by atoms with Crippen molar-refractivity contribution < 1.29 is 13.9 Å². The van der Waals surface area contributed by atoms with E-state index in [-0.39, 0.29) is 12.1 Å². The minimum absolute atomic E-state index is 0.197. The number of rotatable bonds is 6. The number of aromatic nitrogens is 5. The van der Waals surface area contributed by atoms with Crippen LogP contribution in [0.15, 0.2) is 55.0 Å². The Labute approximate surface area is 235 Å². The molecule has 9 nitrogen and oxygen atoms in total. The number of carbonyl (C=O) groups excluding carboxylic acids is 1. The van der Waals surface area contributed by atoms with E-state index < -0.39 is 5.82 Å². The highest BCUT2D eigenvalue weighted by molar-refractivity contribution is 6.33. The van der Waals surface area contributed by atoms with Crippen molar-refractivity contribution in [3.05, 3.63) is 71.7 Å². The number of hydrogen-bond donors (Lipinski definition) is 1. The van der Waals surface area contributed by atoms with Crippen LogP contribution < -0.4 is 10.5 Å². The van der Waals surface area contributed by atoms with Crippen molar-refractivity contribution >= 4 is 39.8 Å². The SMILES string of the molecule is CN.Cc1nc2cnc3cc(F)c(-c4ccc(Oc5ncccn5)cc4Cl)cc3c2n1C1CCN(CC=O)CC1. The smallest absolute Gasteiger partial charge is 0.321 e. The van der Waals surface area contributed by atoms with Crippen molar-refractivity contribution in [2.45, 2.75) is 25.8 Å². The van der Waals surface area contributed by atoms with Crippen LogP contribution in [-0.2, 0) is 4.79 Å². The summed E-state index contributed by atoms with van der Waals surface area (Å²) in [6.07, 6.45) is 7.61. The molecule has 6 rings (SSSR count). The quantitative estimate of drug-likeness (QED) is 0.276. The molecule has 0 unspecified atom stereocenters. The summed E-state index contributed by atoms with van der Waals surface area (Å²) in [4.78, 5) is 30.5. The van der Waals surface area contributed by atoms with Crippen molar-refractivity contribution in [1.82, 2.24) is 29.4 Å². The molecule has 0 atom stereocenters. The largest absolute Gasteiger partial charge is 0.424 e. The van der Waals surface area contributed by atoms with Crippen molar-refractivity contribution in [2.75, 3.05) is 26.7 Å². The first kappa shape index (κ1) is 27.6. The third-order valence-electron chi connectivity index (χ3n) is 7.02. The van der Waals surface area contributed by atoms with E-state index in [0.717, 1.165) is 54.5 Å². The number of nitrogens with two attached hydrogens (primary N) is 1. The van der Waals surface area contributed by atoms with E-state index in [1.165, 1.54) is 13.1 Å². The van der Waals surface area contributed by atoms with Gasteiger partial charge in [-0.2, -0.15) is 0 Å². The predicted molar refractivity (Wildman–Crippen MR) is 153 cm³/mol.